The zero-order valence-corrected chi connectivity index (χ0v) is 16.0. The summed E-state index contributed by atoms with van der Waals surface area (Å²) in [6.07, 6.45) is -0.910. The van der Waals surface area contributed by atoms with Gasteiger partial charge in [0.2, 0.25) is 12.7 Å². The average molecular weight is 394 g/mol. The van der Waals surface area contributed by atoms with E-state index in [1.54, 1.807) is 6.92 Å². The molecule has 1 rings (SSSR count). The van der Waals surface area contributed by atoms with E-state index in [-0.39, 0.29) is 6.61 Å². The number of rotatable bonds is 8. The Bertz CT molecular complexity index is 734. The predicted octanol–water partition coefficient (Wildman–Crippen LogP) is 1.96. The van der Waals surface area contributed by atoms with E-state index in [2.05, 4.69) is 15.7 Å². The van der Waals surface area contributed by atoms with Gasteiger partial charge in [0.15, 0.2) is 0 Å². The molecule has 0 spiro atoms. The summed E-state index contributed by atoms with van der Waals surface area (Å²) < 4.78 is 14.3. The highest BCUT2D eigenvalue weighted by Gasteiger charge is 2.16. The molecule has 1 aromatic carbocycles. The summed E-state index contributed by atoms with van der Waals surface area (Å²) in [7, 11) is 1.29. The van der Waals surface area contributed by atoms with Crippen LogP contribution >= 0.6 is 0 Å². The number of ether oxygens (including phenoxy) is 3. The number of hydrogen-bond acceptors (Lipinski definition) is 9. The molecule has 1 aromatic rings. The number of amides is 2. The topological polar surface area (TPSA) is 136 Å². The highest BCUT2D eigenvalue weighted by atomic mass is 16.7. The van der Waals surface area contributed by atoms with Crippen molar-refractivity contribution >= 4 is 29.6 Å². The Morgan fingerprint density at radius 1 is 1.11 bits per heavy atom. The summed E-state index contributed by atoms with van der Waals surface area (Å²) in [5.74, 6) is -1.60. The molecule has 11 nitrogen and oxygen atoms in total. The smallest absolute Gasteiger partial charge is 0.434 e. The number of nitrogens with zero attached hydrogens (tertiary/aromatic N) is 3. The van der Waals surface area contributed by atoms with E-state index in [1.807, 2.05) is 0 Å². The van der Waals surface area contributed by atoms with Crippen LogP contribution in [0, 0.1) is 0 Å². The van der Waals surface area contributed by atoms with E-state index in [0.29, 0.717) is 11.3 Å². The number of carbonyl (C=O) groups is 4. The highest BCUT2D eigenvalue weighted by molar-refractivity contribution is 5.89. The van der Waals surface area contributed by atoms with Crippen LogP contribution in [0.25, 0.3) is 0 Å². The number of hydrogen-bond donors (Lipinski definition) is 1. The van der Waals surface area contributed by atoms with Crippen molar-refractivity contribution in [2.75, 3.05) is 20.4 Å². The molecule has 0 heterocycles. The van der Waals surface area contributed by atoms with Crippen molar-refractivity contribution < 1.29 is 33.4 Å². The number of nitrogens with one attached hydrogen (secondary N) is 1. The van der Waals surface area contributed by atoms with Crippen molar-refractivity contribution in [2.45, 2.75) is 26.8 Å². The molecule has 0 fully saturated rings. The first kappa shape index (κ1) is 22.5. The molecule has 0 bridgehead atoms. The Morgan fingerprint density at radius 3 is 2.32 bits per heavy atom. The molecule has 11 heteroatoms. The molecule has 0 unspecified atom stereocenters. The minimum atomic E-state index is -0.910. The second-order valence-corrected chi connectivity index (χ2v) is 5.39. The van der Waals surface area contributed by atoms with E-state index in [9.17, 15) is 19.2 Å². The average Bonchev–Trinajstić information content (AvgIpc) is 2.65. The second kappa shape index (κ2) is 11.3. The van der Waals surface area contributed by atoms with Crippen LogP contribution < -0.4 is 5.32 Å². The molecule has 28 heavy (non-hydrogen) atoms. The van der Waals surface area contributed by atoms with E-state index < -0.39 is 36.8 Å². The molecule has 0 saturated carbocycles. The number of carbonyl (C=O) groups excluding carboxylic acids is 4. The molecule has 0 aromatic heterocycles. The monoisotopic (exact) mass is 394 g/mol. The fourth-order valence-corrected chi connectivity index (χ4v) is 1.75. The summed E-state index contributed by atoms with van der Waals surface area (Å²) in [5.41, 5.74) is 0.757. The van der Waals surface area contributed by atoms with Crippen LogP contribution in [0.5, 0.6) is 0 Å². The zero-order chi connectivity index (χ0) is 21.1. The Morgan fingerprint density at radius 2 is 1.75 bits per heavy atom. The van der Waals surface area contributed by atoms with E-state index in [4.69, 9.17) is 14.2 Å². The van der Waals surface area contributed by atoms with Crippen molar-refractivity contribution in [1.82, 2.24) is 10.3 Å². The van der Waals surface area contributed by atoms with Gasteiger partial charge < -0.3 is 19.5 Å². The molecule has 0 aliphatic rings. The maximum Gasteiger partial charge on any atom is 0.434 e. The van der Waals surface area contributed by atoms with E-state index in [0.717, 1.165) is 5.01 Å². The standard InChI is InChI=1S/C17H22N4O7/c1-5-26-16(24)13-6-8-14(9-7-13)19-20-21(4)17(25)28-10-27-15(23)11(2)18-12(3)22/h6-9,11H,5,10H2,1-4H3,(H,18,22)/t11-/m0/s1. The summed E-state index contributed by atoms with van der Waals surface area (Å²) in [5, 5.41) is 10.6. The van der Waals surface area contributed by atoms with Gasteiger partial charge in [-0.3, -0.25) is 4.79 Å². The maximum absolute atomic E-state index is 11.7. The van der Waals surface area contributed by atoms with Crippen molar-refractivity contribution in [3.63, 3.8) is 0 Å². The van der Waals surface area contributed by atoms with Crippen molar-refractivity contribution in [1.29, 1.82) is 0 Å². The lowest BCUT2D eigenvalue weighted by Crippen LogP contribution is -2.38. The van der Waals surface area contributed by atoms with Crippen LogP contribution in [0.15, 0.2) is 34.6 Å². The number of benzene rings is 1. The molecular formula is C17H22N4O7. The molecule has 1 N–H and O–H groups in total. The highest BCUT2D eigenvalue weighted by Crippen LogP contribution is 2.14. The predicted molar refractivity (Wildman–Crippen MR) is 95.4 cm³/mol. The van der Waals surface area contributed by atoms with Gasteiger partial charge in [-0.05, 0) is 38.1 Å². The Balaban J connectivity index is 2.46. The van der Waals surface area contributed by atoms with Crippen LogP contribution in [0.3, 0.4) is 0 Å². The summed E-state index contributed by atoms with van der Waals surface area (Å²) in [4.78, 5) is 45.7. The zero-order valence-electron chi connectivity index (χ0n) is 16.0. The largest absolute Gasteiger partial charge is 0.462 e. The lowest BCUT2D eigenvalue weighted by molar-refractivity contribution is -0.155. The van der Waals surface area contributed by atoms with Gasteiger partial charge in [0.1, 0.15) is 6.04 Å². The first-order valence-electron chi connectivity index (χ1n) is 8.27. The fraction of sp³-hybridized carbons (Fsp3) is 0.412. The molecule has 152 valence electrons. The van der Waals surface area contributed by atoms with Crippen molar-refractivity contribution in [3.05, 3.63) is 29.8 Å². The van der Waals surface area contributed by atoms with Crippen LogP contribution in [-0.2, 0) is 23.8 Å². The SMILES string of the molecule is CCOC(=O)c1ccc(N=NN(C)C(=O)OCOC(=O)[C@H](C)NC(C)=O)cc1. The van der Waals surface area contributed by atoms with Gasteiger partial charge in [-0.1, -0.05) is 5.22 Å². The van der Waals surface area contributed by atoms with Gasteiger partial charge in [0, 0.05) is 14.0 Å². The maximum atomic E-state index is 11.7. The normalized spacial score (nSPS) is 11.4. The van der Waals surface area contributed by atoms with Gasteiger partial charge >= 0.3 is 18.0 Å². The first-order valence-corrected chi connectivity index (χ1v) is 8.27. The first-order chi connectivity index (χ1) is 13.2. The van der Waals surface area contributed by atoms with Gasteiger partial charge in [0.05, 0.1) is 17.9 Å². The van der Waals surface area contributed by atoms with E-state index >= 15 is 0 Å². The third-order valence-electron chi connectivity index (χ3n) is 3.09. The molecular weight excluding hydrogens is 372 g/mol. The van der Waals surface area contributed by atoms with Crippen LogP contribution in [-0.4, -0.2) is 55.4 Å². The molecule has 1 atom stereocenters. The molecule has 0 radical (unpaired) electrons. The number of esters is 2. The van der Waals surface area contributed by atoms with Crippen LogP contribution in [0.2, 0.25) is 0 Å². The van der Waals surface area contributed by atoms with Gasteiger partial charge in [-0.25, -0.2) is 14.4 Å². The van der Waals surface area contributed by atoms with Crippen LogP contribution in [0.1, 0.15) is 31.1 Å². The minimum absolute atomic E-state index is 0.272. The van der Waals surface area contributed by atoms with Crippen LogP contribution in [0.4, 0.5) is 10.5 Å². The third-order valence-corrected chi connectivity index (χ3v) is 3.09. The molecule has 2 amide bonds. The summed E-state index contributed by atoms with van der Waals surface area (Å²) in [6.45, 7) is 4.03. The fourth-order valence-electron chi connectivity index (χ4n) is 1.75. The summed E-state index contributed by atoms with van der Waals surface area (Å²) in [6, 6.07) is 5.22. The molecule has 0 aliphatic carbocycles. The Labute approximate surface area is 161 Å². The minimum Gasteiger partial charge on any atom is -0.462 e. The van der Waals surface area contributed by atoms with Gasteiger partial charge in [-0.2, -0.15) is 5.01 Å². The van der Waals surface area contributed by atoms with Gasteiger partial charge in [0.25, 0.3) is 0 Å². The van der Waals surface area contributed by atoms with Gasteiger partial charge in [-0.15, -0.1) is 5.11 Å². The summed E-state index contributed by atoms with van der Waals surface area (Å²) >= 11 is 0. The molecule has 0 aliphatic heterocycles. The van der Waals surface area contributed by atoms with Crippen molar-refractivity contribution in [3.8, 4) is 0 Å². The second-order valence-electron chi connectivity index (χ2n) is 5.39. The Hall–Kier alpha value is -3.50. The Kier molecular flexibility index (Phi) is 9.07. The lowest BCUT2D eigenvalue weighted by atomic mass is 10.2. The molecule has 0 saturated heterocycles. The lowest BCUT2D eigenvalue weighted by Gasteiger charge is -2.13. The van der Waals surface area contributed by atoms with E-state index in [1.165, 1.54) is 45.2 Å². The van der Waals surface area contributed by atoms with Crippen molar-refractivity contribution in [2.24, 2.45) is 10.3 Å². The quantitative estimate of drug-likeness (QED) is 0.308. The third kappa shape index (κ3) is 7.81.